The molecule has 0 heterocycles. The first-order chi connectivity index (χ1) is 13.3. The largest absolute Gasteiger partial charge is 0.465 e. The number of thioether (sulfide) groups is 1. The van der Waals surface area contributed by atoms with E-state index in [2.05, 4.69) is 22.4 Å². The summed E-state index contributed by atoms with van der Waals surface area (Å²) in [7, 11) is 0. The molecule has 0 saturated carbocycles. The number of esters is 1. The molecular formula is C21H27N3O2S. The molecule has 0 aliphatic carbocycles. The maximum Gasteiger partial charge on any atom is 0.305 e. The van der Waals surface area contributed by atoms with E-state index < -0.39 is 0 Å². The van der Waals surface area contributed by atoms with Crippen LogP contribution in [0.3, 0.4) is 0 Å². The van der Waals surface area contributed by atoms with Crippen LogP contribution < -0.4 is 5.73 Å². The lowest BCUT2D eigenvalue weighted by atomic mass is 10.2. The highest BCUT2D eigenvalue weighted by molar-refractivity contribution is 7.98. The van der Waals surface area contributed by atoms with Crippen LogP contribution in [0.25, 0.3) is 0 Å². The summed E-state index contributed by atoms with van der Waals surface area (Å²) in [6.07, 6.45) is 3.30. The molecule has 0 bridgehead atoms. The molecule has 2 N–H and O–H groups in total. The molecule has 5 nitrogen and oxygen atoms in total. The fourth-order valence-electron chi connectivity index (χ4n) is 2.34. The van der Waals surface area contributed by atoms with Gasteiger partial charge in [0.2, 0.25) is 0 Å². The molecule has 2 aromatic rings. The minimum Gasteiger partial charge on any atom is -0.465 e. The van der Waals surface area contributed by atoms with Gasteiger partial charge in [-0.05, 0) is 49.2 Å². The van der Waals surface area contributed by atoms with Crippen molar-refractivity contribution in [2.24, 2.45) is 16.0 Å². The Morgan fingerprint density at radius 2 is 1.63 bits per heavy atom. The smallest absolute Gasteiger partial charge is 0.305 e. The van der Waals surface area contributed by atoms with Crippen LogP contribution in [0.4, 0.5) is 11.4 Å². The number of carbonyl (C=O) groups is 1. The van der Waals surface area contributed by atoms with Crippen molar-refractivity contribution in [1.29, 1.82) is 0 Å². The number of hydrogen-bond donors (Lipinski definition) is 1. The van der Waals surface area contributed by atoms with E-state index >= 15 is 0 Å². The Hall–Kier alpha value is -2.18. The quantitative estimate of drug-likeness (QED) is 0.301. The number of carbonyl (C=O) groups excluding carboxylic acids is 1. The van der Waals surface area contributed by atoms with E-state index in [1.165, 1.54) is 5.56 Å². The Labute approximate surface area is 165 Å². The highest BCUT2D eigenvalue weighted by atomic mass is 32.2. The second-order valence-corrected chi connectivity index (χ2v) is 7.18. The summed E-state index contributed by atoms with van der Waals surface area (Å²) in [5.74, 6) is 1.56. The molecule has 0 amide bonds. The molecule has 144 valence electrons. The highest BCUT2D eigenvalue weighted by Crippen LogP contribution is 2.20. The van der Waals surface area contributed by atoms with E-state index in [4.69, 9.17) is 10.5 Å². The third-order valence-electron chi connectivity index (χ3n) is 3.82. The first-order valence-electron chi connectivity index (χ1n) is 9.27. The lowest BCUT2D eigenvalue weighted by Crippen LogP contribution is -2.07. The molecule has 0 aromatic heterocycles. The SMILES string of the molecule is NCCCCCC(=O)OCCSCc1ccc(N=Nc2ccccc2)cc1. The average molecular weight is 386 g/mol. The number of hydrogen-bond acceptors (Lipinski definition) is 6. The lowest BCUT2D eigenvalue weighted by molar-refractivity contribution is -0.143. The number of azo groups is 1. The van der Waals surface area contributed by atoms with Crippen molar-refractivity contribution in [2.45, 2.75) is 31.4 Å². The van der Waals surface area contributed by atoms with Crippen LogP contribution in [0.15, 0.2) is 64.8 Å². The van der Waals surface area contributed by atoms with Crippen molar-refractivity contribution >= 4 is 29.1 Å². The summed E-state index contributed by atoms with van der Waals surface area (Å²) in [5.41, 5.74) is 8.31. The Bertz CT molecular complexity index is 690. The lowest BCUT2D eigenvalue weighted by Gasteiger charge is -2.05. The van der Waals surface area contributed by atoms with Gasteiger partial charge in [0.1, 0.15) is 6.61 Å². The zero-order valence-corrected chi connectivity index (χ0v) is 16.4. The van der Waals surface area contributed by atoms with Gasteiger partial charge in [0.05, 0.1) is 11.4 Å². The van der Waals surface area contributed by atoms with Crippen molar-refractivity contribution in [3.05, 3.63) is 60.2 Å². The third-order valence-corrected chi connectivity index (χ3v) is 4.81. The summed E-state index contributed by atoms with van der Waals surface area (Å²) in [4.78, 5) is 11.6. The first kappa shape index (κ1) is 21.1. The Balaban J connectivity index is 1.60. The molecule has 0 fully saturated rings. The van der Waals surface area contributed by atoms with E-state index in [0.717, 1.165) is 42.1 Å². The predicted octanol–water partition coefficient (Wildman–Crippen LogP) is 5.40. The molecule has 0 aliphatic heterocycles. The molecule has 2 rings (SSSR count). The monoisotopic (exact) mass is 385 g/mol. The van der Waals surface area contributed by atoms with Crippen molar-refractivity contribution in [2.75, 3.05) is 18.9 Å². The first-order valence-corrected chi connectivity index (χ1v) is 10.4. The van der Waals surface area contributed by atoms with Crippen LogP contribution in [0, 0.1) is 0 Å². The normalized spacial score (nSPS) is 11.0. The summed E-state index contributed by atoms with van der Waals surface area (Å²) < 4.78 is 5.23. The van der Waals surface area contributed by atoms with Crippen LogP contribution >= 0.6 is 11.8 Å². The summed E-state index contributed by atoms with van der Waals surface area (Å²) >= 11 is 1.75. The number of nitrogens with two attached hydrogens (primary N) is 1. The van der Waals surface area contributed by atoms with E-state index in [-0.39, 0.29) is 5.97 Å². The number of rotatable bonds is 12. The van der Waals surface area contributed by atoms with Crippen molar-refractivity contribution in [3.63, 3.8) is 0 Å². The topological polar surface area (TPSA) is 77.0 Å². The molecule has 27 heavy (non-hydrogen) atoms. The van der Waals surface area contributed by atoms with Crippen LogP contribution in [0.1, 0.15) is 31.2 Å². The van der Waals surface area contributed by atoms with Gasteiger partial charge in [-0.1, -0.05) is 36.8 Å². The van der Waals surface area contributed by atoms with Gasteiger partial charge < -0.3 is 10.5 Å². The van der Waals surface area contributed by atoms with Crippen molar-refractivity contribution < 1.29 is 9.53 Å². The molecule has 0 saturated heterocycles. The van der Waals surface area contributed by atoms with Crippen molar-refractivity contribution in [3.8, 4) is 0 Å². The van der Waals surface area contributed by atoms with Gasteiger partial charge in [-0.25, -0.2) is 0 Å². The fourth-order valence-corrected chi connectivity index (χ4v) is 3.11. The standard InChI is InChI=1S/C21H27N3O2S/c22-14-6-2-5-9-21(25)26-15-16-27-17-18-10-12-20(13-11-18)24-23-19-7-3-1-4-8-19/h1,3-4,7-8,10-13H,2,5-6,9,14-17,22H2. The second-order valence-electron chi connectivity index (χ2n) is 6.07. The zero-order valence-electron chi connectivity index (χ0n) is 15.5. The van der Waals surface area contributed by atoms with Crippen LogP contribution in [0.2, 0.25) is 0 Å². The van der Waals surface area contributed by atoms with Crippen LogP contribution in [-0.2, 0) is 15.3 Å². The van der Waals surface area contributed by atoms with Gasteiger partial charge in [-0.3, -0.25) is 4.79 Å². The molecule has 0 aliphatic rings. The number of nitrogens with zero attached hydrogens (tertiary/aromatic N) is 2. The highest BCUT2D eigenvalue weighted by Gasteiger charge is 2.02. The zero-order chi connectivity index (χ0) is 19.2. The summed E-state index contributed by atoms with van der Waals surface area (Å²) in [6.45, 7) is 1.15. The summed E-state index contributed by atoms with van der Waals surface area (Å²) in [6, 6.07) is 17.7. The minimum absolute atomic E-state index is 0.110. The van der Waals surface area contributed by atoms with Gasteiger partial charge in [0.15, 0.2) is 0 Å². The third kappa shape index (κ3) is 9.35. The van der Waals surface area contributed by atoms with E-state index in [0.29, 0.717) is 19.6 Å². The van der Waals surface area contributed by atoms with Gasteiger partial charge in [0.25, 0.3) is 0 Å². The van der Waals surface area contributed by atoms with Crippen molar-refractivity contribution in [1.82, 2.24) is 0 Å². The molecule has 0 spiro atoms. The van der Waals surface area contributed by atoms with Gasteiger partial charge >= 0.3 is 5.97 Å². The number of unbranched alkanes of at least 4 members (excludes halogenated alkanes) is 2. The van der Waals surface area contributed by atoms with E-state index in [1.54, 1.807) is 11.8 Å². The molecule has 0 unspecified atom stereocenters. The maximum absolute atomic E-state index is 11.6. The van der Waals surface area contributed by atoms with E-state index in [9.17, 15) is 4.79 Å². The Kier molecular flexibility index (Phi) is 10.2. The second kappa shape index (κ2) is 13.1. The Morgan fingerprint density at radius 3 is 2.33 bits per heavy atom. The molecule has 0 radical (unpaired) electrons. The minimum atomic E-state index is -0.110. The number of ether oxygens (including phenoxy) is 1. The molecule has 0 atom stereocenters. The molecular weight excluding hydrogens is 358 g/mol. The maximum atomic E-state index is 11.6. The summed E-state index contributed by atoms with van der Waals surface area (Å²) in [5, 5.41) is 8.44. The molecule has 6 heteroatoms. The van der Waals surface area contributed by atoms with Gasteiger partial charge in [0, 0.05) is 17.9 Å². The van der Waals surface area contributed by atoms with Gasteiger partial charge in [-0.15, -0.1) is 0 Å². The van der Waals surface area contributed by atoms with E-state index in [1.807, 2.05) is 42.5 Å². The predicted molar refractivity (Wildman–Crippen MR) is 112 cm³/mol. The van der Waals surface area contributed by atoms with Crippen LogP contribution in [0.5, 0.6) is 0 Å². The fraction of sp³-hybridized carbons (Fsp3) is 0.381. The number of benzene rings is 2. The average Bonchev–Trinajstić information content (AvgIpc) is 2.71. The van der Waals surface area contributed by atoms with Gasteiger partial charge in [-0.2, -0.15) is 22.0 Å². The molecule has 2 aromatic carbocycles. The van der Waals surface area contributed by atoms with Crippen LogP contribution in [-0.4, -0.2) is 24.9 Å². The Morgan fingerprint density at radius 1 is 0.926 bits per heavy atom.